The summed E-state index contributed by atoms with van der Waals surface area (Å²) in [5, 5.41) is 18.5. The quantitative estimate of drug-likeness (QED) is 0.133. The van der Waals surface area contributed by atoms with Crippen molar-refractivity contribution < 1.29 is 0 Å². The Balaban J connectivity index is 1.16. The molecule has 14 aromatic rings. The molecule has 4 heteroatoms. The van der Waals surface area contributed by atoms with Gasteiger partial charge < -0.3 is 4.57 Å². The van der Waals surface area contributed by atoms with E-state index in [1.54, 1.807) is 0 Å². The molecule has 0 unspecified atom stereocenters. The molecule has 0 aliphatic rings. The molecular weight excluding hydrogens is 729 g/mol. The lowest BCUT2D eigenvalue weighted by Gasteiger charge is -2.17. The monoisotopic (exact) mass is 760 g/mol. The molecule has 60 heavy (non-hydrogen) atoms. The Hall–Kier alpha value is -8.08. The van der Waals surface area contributed by atoms with E-state index >= 15 is 0 Å². The van der Waals surface area contributed by atoms with Crippen molar-refractivity contribution in [2.45, 2.75) is 0 Å². The summed E-state index contributed by atoms with van der Waals surface area (Å²) in [7, 11) is 0. The molecule has 3 heterocycles. The average molecular weight is 761 g/mol. The van der Waals surface area contributed by atoms with E-state index < -0.39 is 0 Å². The van der Waals surface area contributed by atoms with Crippen molar-refractivity contribution in [3.63, 3.8) is 0 Å². The van der Waals surface area contributed by atoms with Crippen LogP contribution in [0, 0.1) is 0 Å². The molecule has 0 N–H and O–H groups in total. The van der Waals surface area contributed by atoms with Crippen LogP contribution in [0.4, 0.5) is 0 Å². The molecule has 276 valence electrons. The number of hydrogen-bond acceptors (Lipinski definition) is 2. The molecule has 4 nitrogen and oxygen atoms in total. The van der Waals surface area contributed by atoms with Gasteiger partial charge in [-0.2, -0.15) is 0 Å². The van der Waals surface area contributed by atoms with Crippen LogP contribution in [-0.4, -0.2) is 19.1 Å². The lowest BCUT2D eigenvalue weighted by atomic mass is 9.87. The SMILES string of the molecule is c1ccc(-n2c3ccccc3c3c4cccc5c6cccc7c6c(cc6c7c7ccccc7n6-c6nc(-c7ccc8ccccc8c7)c7ccccc7n6)c(cc32)c54)cc1. The molecule has 0 saturated heterocycles. The highest BCUT2D eigenvalue weighted by Gasteiger charge is 2.24. The van der Waals surface area contributed by atoms with Gasteiger partial charge in [-0.3, -0.25) is 4.57 Å². The molecule has 0 atom stereocenters. The van der Waals surface area contributed by atoms with Gasteiger partial charge in [0.25, 0.3) is 0 Å². The van der Waals surface area contributed by atoms with Crippen molar-refractivity contribution in [3.05, 3.63) is 194 Å². The Labute approximate surface area is 343 Å². The van der Waals surface area contributed by atoms with Crippen molar-refractivity contribution >= 4 is 108 Å². The average Bonchev–Trinajstić information content (AvgIpc) is 3.83. The fourth-order valence-corrected chi connectivity index (χ4v) is 10.5. The Morgan fingerprint density at radius 1 is 0.300 bits per heavy atom. The van der Waals surface area contributed by atoms with E-state index in [0.717, 1.165) is 38.9 Å². The van der Waals surface area contributed by atoms with E-state index in [2.05, 4.69) is 203 Å². The van der Waals surface area contributed by atoms with E-state index in [1.807, 2.05) is 0 Å². The number of benzene rings is 11. The van der Waals surface area contributed by atoms with Gasteiger partial charge in [0.05, 0.1) is 33.3 Å². The molecule has 0 aliphatic carbocycles. The zero-order valence-corrected chi connectivity index (χ0v) is 32.3. The largest absolute Gasteiger partial charge is 0.309 e. The summed E-state index contributed by atoms with van der Waals surface area (Å²) in [6.45, 7) is 0. The van der Waals surface area contributed by atoms with Crippen LogP contribution in [0.15, 0.2) is 194 Å². The summed E-state index contributed by atoms with van der Waals surface area (Å²) in [5.74, 6) is 0.659. The van der Waals surface area contributed by atoms with Crippen LogP contribution in [0.5, 0.6) is 0 Å². The second-order valence-electron chi connectivity index (χ2n) is 16.1. The van der Waals surface area contributed by atoms with E-state index in [9.17, 15) is 0 Å². The number of hydrogen-bond donors (Lipinski definition) is 0. The van der Waals surface area contributed by atoms with Gasteiger partial charge in [-0.25, -0.2) is 9.97 Å². The maximum atomic E-state index is 5.52. The minimum absolute atomic E-state index is 0.659. The van der Waals surface area contributed by atoms with Crippen molar-refractivity contribution in [1.29, 1.82) is 0 Å². The van der Waals surface area contributed by atoms with Gasteiger partial charge >= 0.3 is 0 Å². The number of aromatic nitrogens is 4. The summed E-state index contributed by atoms with van der Waals surface area (Å²) in [6.07, 6.45) is 0. The second-order valence-corrected chi connectivity index (χ2v) is 16.1. The van der Waals surface area contributed by atoms with Gasteiger partial charge in [0.1, 0.15) is 0 Å². The first-order chi connectivity index (χ1) is 29.8. The highest BCUT2D eigenvalue weighted by atomic mass is 15.2. The lowest BCUT2D eigenvalue weighted by Crippen LogP contribution is -2.03. The molecule has 0 amide bonds. The lowest BCUT2D eigenvalue weighted by molar-refractivity contribution is 1.01. The molecule has 11 aromatic carbocycles. The number of rotatable bonds is 3. The topological polar surface area (TPSA) is 35.6 Å². The van der Waals surface area contributed by atoms with Crippen LogP contribution in [0.1, 0.15) is 0 Å². The normalized spacial score (nSPS) is 12.3. The molecule has 0 bridgehead atoms. The van der Waals surface area contributed by atoms with Crippen molar-refractivity contribution in [1.82, 2.24) is 19.1 Å². The van der Waals surface area contributed by atoms with Gasteiger partial charge in [0.15, 0.2) is 0 Å². The zero-order valence-electron chi connectivity index (χ0n) is 32.3. The van der Waals surface area contributed by atoms with E-state index in [-0.39, 0.29) is 0 Å². The minimum atomic E-state index is 0.659. The maximum Gasteiger partial charge on any atom is 0.235 e. The van der Waals surface area contributed by atoms with Crippen molar-refractivity contribution in [2.75, 3.05) is 0 Å². The Bertz CT molecular complexity index is 4120. The highest BCUT2D eigenvalue weighted by molar-refractivity contribution is 6.41. The molecular formula is C56H32N4. The van der Waals surface area contributed by atoms with Crippen LogP contribution >= 0.6 is 0 Å². The van der Waals surface area contributed by atoms with Crippen LogP contribution in [-0.2, 0) is 0 Å². The number of para-hydroxylation sites is 4. The summed E-state index contributed by atoms with van der Waals surface area (Å²) in [6, 6.07) is 70.6. The third-order valence-electron chi connectivity index (χ3n) is 13.0. The highest BCUT2D eigenvalue weighted by Crippen LogP contribution is 2.49. The van der Waals surface area contributed by atoms with E-state index in [1.165, 1.54) is 86.4 Å². The first-order valence-electron chi connectivity index (χ1n) is 20.6. The van der Waals surface area contributed by atoms with Gasteiger partial charge in [-0.05, 0) is 102 Å². The molecule has 0 aliphatic heterocycles. The minimum Gasteiger partial charge on any atom is -0.309 e. The van der Waals surface area contributed by atoms with Gasteiger partial charge in [0, 0.05) is 38.2 Å². The fourth-order valence-electron chi connectivity index (χ4n) is 10.5. The third-order valence-corrected chi connectivity index (χ3v) is 13.0. The van der Waals surface area contributed by atoms with E-state index in [4.69, 9.17) is 9.97 Å². The molecule has 3 aromatic heterocycles. The van der Waals surface area contributed by atoms with Crippen LogP contribution in [0.3, 0.4) is 0 Å². The Morgan fingerprint density at radius 3 is 1.53 bits per heavy atom. The fraction of sp³-hybridized carbons (Fsp3) is 0. The second kappa shape index (κ2) is 11.8. The van der Waals surface area contributed by atoms with Crippen molar-refractivity contribution in [2.24, 2.45) is 0 Å². The molecule has 0 saturated carbocycles. The standard InChI is InChI=1S/C56H32N4/c1-2-16-36(17-3-1)59-47-26-10-7-19-40(47)53-42-23-12-21-37-38-22-13-24-43-52(38)45(44(51(37)42)31-49(53)59)32-50-54(43)41-20-8-11-27-48(41)60(50)56-57-46-25-9-6-18-39(46)55(58-56)35-29-28-33-14-4-5-15-34(33)30-35/h1-32H. The molecule has 0 radical (unpaired) electrons. The predicted molar refractivity (Wildman–Crippen MR) is 252 cm³/mol. The summed E-state index contributed by atoms with van der Waals surface area (Å²) >= 11 is 0. The summed E-state index contributed by atoms with van der Waals surface area (Å²) in [5.41, 5.74) is 8.63. The first kappa shape index (κ1) is 31.9. The van der Waals surface area contributed by atoms with Crippen LogP contribution < -0.4 is 0 Å². The predicted octanol–water partition coefficient (Wildman–Crippen LogP) is 14.7. The van der Waals surface area contributed by atoms with E-state index in [0.29, 0.717) is 5.95 Å². The van der Waals surface area contributed by atoms with Gasteiger partial charge in [-0.1, -0.05) is 146 Å². The molecule has 14 rings (SSSR count). The Morgan fingerprint density at radius 2 is 0.833 bits per heavy atom. The molecule has 0 spiro atoms. The third kappa shape index (κ3) is 4.19. The first-order valence-corrected chi connectivity index (χ1v) is 20.6. The maximum absolute atomic E-state index is 5.52. The summed E-state index contributed by atoms with van der Waals surface area (Å²) in [4.78, 5) is 10.9. The Kier molecular flexibility index (Phi) is 6.26. The van der Waals surface area contributed by atoms with Crippen LogP contribution in [0.2, 0.25) is 0 Å². The number of nitrogens with zero attached hydrogens (tertiary/aromatic N) is 4. The van der Waals surface area contributed by atoms with Gasteiger partial charge in [-0.15, -0.1) is 0 Å². The molecule has 0 fully saturated rings. The van der Waals surface area contributed by atoms with Crippen LogP contribution in [0.25, 0.3) is 131 Å². The smallest absolute Gasteiger partial charge is 0.235 e. The van der Waals surface area contributed by atoms with Crippen molar-refractivity contribution in [3.8, 4) is 22.9 Å². The zero-order chi connectivity index (χ0) is 39.1. The van der Waals surface area contributed by atoms with Gasteiger partial charge in [0.2, 0.25) is 5.95 Å². The number of fused-ring (bicyclic) bond motifs is 12. The summed E-state index contributed by atoms with van der Waals surface area (Å²) < 4.78 is 4.75.